The highest BCUT2D eigenvalue weighted by Gasteiger charge is 2.17. The number of benzene rings is 1. The van der Waals surface area contributed by atoms with E-state index in [4.69, 9.17) is 9.26 Å². The smallest absolute Gasteiger partial charge is 0.262 e. The number of methoxy groups -OCH3 is 1. The predicted octanol–water partition coefficient (Wildman–Crippen LogP) is 3.19. The van der Waals surface area contributed by atoms with Crippen LogP contribution in [0, 0.1) is 6.92 Å². The highest BCUT2D eigenvalue weighted by Crippen LogP contribution is 2.24. The summed E-state index contributed by atoms with van der Waals surface area (Å²) in [6, 6.07) is 9.15. The first-order valence-electron chi connectivity index (χ1n) is 7.65. The molecule has 6 nitrogen and oxygen atoms in total. The van der Waals surface area contributed by atoms with Crippen molar-refractivity contribution < 1.29 is 9.26 Å². The van der Waals surface area contributed by atoms with E-state index in [2.05, 4.69) is 10.1 Å². The number of hydrogen-bond donors (Lipinski definition) is 0. The van der Waals surface area contributed by atoms with E-state index < -0.39 is 0 Å². The summed E-state index contributed by atoms with van der Waals surface area (Å²) in [6.07, 6.45) is 0. The lowest BCUT2D eigenvalue weighted by molar-refractivity contribution is 0.156. The normalized spacial score (nSPS) is 12.6. The molecule has 0 amide bonds. The van der Waals surface area contributed by atoms with Gasteiger partial charge in [0.1, 0.15) is 5.76 Å². The summed E-state index contributed by atoms with van der Waals surface area (Å²) in [5, 5.41) is 5.15. The monoisotopic (exact) mass is 345 g/mol. The van der Waals surface area contributed by atoms with Crippen LogP contribution in [-0.2, 0) is 10.5 Å². The van der Waals surface area contributed by atoms with E-state index in [1.807, 2.05) is 38.1 Å². The SMILES string of the molecule is COCC(C)n1c(SCc2cc(C)no2)nc2ccccc2c1=O. The molecule has 2 heterocycles. The Kier molecular flexibility index (Phi) is 5.01. The molecule has 0 N–H and O–H groups in total. The molecule has 3 rings (SSSR count). The molecule has 1 atom stereocenters. The standard InChI is InChI=1S/C17H19N3O3S/c1-11-8-13(23-19-11)10-24-17-18-15-7-5-4-6-14(15)16(21)20(17)12(2)9-22-3/h4-8,12H,9-10H2,1-3H3. The average Bonchev–Trinajstić information content (AvgIpc) is 2.98. The van der Waals surface area contributed by atoms with Gasteiger partial charge in [-0.1, -0.05) is 29.1 Å². The van der Waals surface area contributed by atoms with Gasteiger partial charge >= 0.3 is 0 Å². The fourth-order valence-corrected chi connectivity index (χ4v) is 3.52. The zero-order valence-electron chi connectivity index (χ0n) is 13.9. The maximum atomic E-state index is 12.9. The first-order chi connectivity index (χ1) is 11.6. The zero-order chi connectivity index (χ0) is 17.1. The quantitative estimate of drug-likeness (QED) is 0.505. The molecule has 0 aliphatic heterocycles. The first-order valence-corrected chi connectivity index (χ1v) is 8.64. The highest BCUT2D eigenvalue weighted by molar-refractivity contribution is 7.98. The molecular formula is C17H19N3O3S. The number of aromatic nitrogens is 3. The molecule has 0 bridgehead atoms. The summed E-state index contributed by atoms with van der Waals surface area (Å²) in [5.74, 6) is 1.32. The molecule has 0 fully saturated rings. The number of nitrogens with zero attached hydrogens (tertiary/aromatic N) is 3. The fourth-order valence-electron chi connectivity index (χ4n) is 2.55. The van der Waals surface area contributed by atoms with Gasteiger partial charge in [-0.25, -0.2) is 4.98 Å². The van der Waals surface area contributed by atoms with Gasteiger partial charge in [0.15, 0.2) is 5.16 Å². The molecule has 0 aliphatic carbocycles. The van der Waals surface area contributed by atoms with Gasteiger partial charge < -0.3 is 9.26 Å². The Morgan fingerprint density at radius 2 is 2.17 bits per heavy atom. The number of ether oxygens (including phenoxy) is 1. The van der Waals surface area contributed by atoms with Gasteiger partial charge in [-0.05, 0) is 26.0 Å². The number of hydrogen-bond acceptors (Lipinski definition) is 6. The average molecular weight is 345 g/mol. The van der Waals surface area contributed by atoms with Gasteiger partial charge in [-0.15, -0.1) is 0 Å². The van der Waals surface area contributed by atoms with Gasteiger partial charge in [-0.3, -0.25) is 9.36 Å². The third-order valence-electron chi connectivity index (χ3n) is 3.64. The second-order valence-electron chi connectivity index (χ2n) is 5.61. The van der Waals surface area contributed by atoms with Gasteiger partial charge in [-0.2, -0.15) is 0 Å². The molecule has 126 valence electrons. The lowest BCUT2D eigenvalue weighted by Crippen LogP contribution is -2.28. The molecule has 1 aromatic carbocycles. The van der Waals surface area contributed by atoms with Crippen molar-refractivity contribution in [2.75, 3.05) is 13.7 Å². The van der Waals surface area contributed by atoms with Crippen LogP contribution in [0.5, 0.6) is 0 Å². The predicted molar refractivity (Wildman–Crippen MR) is 93.4 cm³/mol. The van der Waals surface area contributed by atoms with Crippen LogP contribution < -0.4 is 5.56 Å². The van der Waals surface area contributed by atoms with E-state index in [1.54, 1.807) is 17.7 Å². The maximum Gasteiger partial charge on any atom is 0.262 e. The van der Waals surface area contributed by atoms with E-state index in [1.165, 1.54) is 11.8 Å². The van der Waals surface area contributed by atoms with Crippen LogP contribution in [0.4, 0.5) is 0 Å². The van der Waals surface area contributed by atoms with Crippen molar-refractivity contribution in [3.8, 4) is 0 Å². The number of aryl methyl sites for hydroxylation is 1. The van der Waals surface area contributed by atoms with Gasteiger partial charge in [0.2, 0.25) is 0 Å². The number of fused-ring (bicyclic) bond motifs is 1. The number of thioether (sulfide) groups is 1. The molecule has 7 heteroatoms. The first kappa shape index (κ1) is 16.7. The Bertz CT molecular complexity index is 903. The van der Waals surface area contributed by atoms with Crippen molar-refractivity contribution in [1.29, 1.82) is 0 Å². The van der Waals surface area contributed by atoms with Crippen molar-refractivity contribution in [3.63, 3.8) is 0 Å². The molecule has 0 saturated carbocycles. The van der Waals surface area contributed by atoms with Crippen molar-refractivity contribution in [2.24, 2.45) is 0 Å². The van der Waals surface area contributed by atoms with Crippen LogP contribution in [0.3, 0.4) is 0 Å². The Labute approximate surface area is 143 Å². The van der Waals surface area contributed by atoms with E-state index in [-0.39, 0.29) is 11.6 Å². The summed E-state index contributed by atoms with van der Waals surface area (Å²) < 4.78 is 12.2. The lowest BCUT2D eigenvalue weighted by Gasteiger charge is -2.18. The van der Waals surface area contributed by atoms with Crippen LogP contribution in [0.15, 0.2) is 44.8 Å². The van der Waals surface area contributed by atoms with Crippen molar-refractivity contribution in [2.45, 2.75) is 30.8 Å². The van der Waals surface area contributed by atoms with Crippen LogP contribution in [0.1, 0.15) is 24.4 Å². The molecule has 0 saturated heterocycles. The summed E-state index contributed by atoms with van der Waals surface area (Å²) in [4.78, 5) is 17.6. The summed E-state index contributed by atoms with van der Waals surface area (Å²) >= 11 is 1.46. The van der Waals surface area contributed by atoms with Gasteiger partial charge in [0, 0.05) is 13.2 Å². The third kappa shape index (κ3) is 3.37. The Hall–Kier alpha value is -2.12. The van der Waals surface area contributed by atoms with E-state index in [0.717, 1.165) is 11.5 Å². The summed E-state index contributed by atoms with van der Waals surface area (Å²) in [5.41, 5.74) is 1.48. The topological polar surface area (TPSA) is 70.2 Å². The summed E-state index contributed by atoms with van der Waals surface area (Å²) in [6.45, 7) is 4.27. The fraction of sp³-hybridized carbons (Fsp3) is 0.353. The highest BCUT2D eigenvalue weighted by atomic mass is 32.2. The number of rotatable bonds is 6. The van der Waals surface area contributed by atoms with Crippen LogP contribution in [0.2, 0.25) is 0 Å². The molecular weight excluding hydrogens is 326 g/mol. The minimum absolute atomic E-state index is 0.0543. The van der Waals surface area contributed by atoms with Gasteiger partial charge in [0.25, 0.3) is 5.56 Å². The Balaban J connectivity index is 2.03. The van der Waals surface area contributed by atoms with Crippen LogP contribution >= 0.6 is 11.8 Å². The van der Waals surface area contributed by atoms with Crippen molar-refractivity contribution in [1.82, 2.24) is 14.7 Å². The molecule has 24 heavy (non-hydrogen) atoms. The molecule has 2 aromatic heterocycles. The van der Waals surface area contributed by atoms with E-state index in [0.29, 0.717) is 28.4 Å². The van der Waals surface area contributed by atoms with Crippen molar-refractivity contribution in [3.05, 3.63) is 52.1 Å². The molecule has 1 unspecified atom stereocenters. The van der Waals surface area contributed by atoms with Gasteiger partial charge in [0.05, 0.1) is 35.0 Å². The molecule has 0 spiro atoms. The van der Waals surface area contributed by atoms with E-state index in [9.17, 15) is 4.79 Å². The van der Waals surface area contributed by atoms with Crippen LogP contribution in [-0.4, -0.2) is 28.4 Å². The Morgan fingerprint density at radius 3 is 2.88 bits per heavy atom. The Morgan fingerprint density at radius 1 is 1.38 bits per heavy atom. The molecule has 0 radical (unpaired) electrons. The zero-order valence-corrected chi connectivity index (χ0v) is 14.7. The lowest BCUT2D eigenvalue weighted by atomic mass is 10.2. The maximum absolute atomic E-state index is 12.9. The second kappa shape index (κ2) is 7.19. The van der Waals surface area contributed by atoms with Crippen molar-refractivity contribution >= 4 is 22.7 Å². The minimum Gasteiger partial charge on any atom is -0.383 e. The molecule has 0 aliphatic rings. The van der Waals surface area contributed by atoms with Crippen LogP contribution in [0.25, 0.3) is 10.9 Å². The second-order valence-corrected chi connectivity index (χ2v) is 6.56. The number of para-hydroxylation sites is 1. The third-order valence-corrected chi connectivity index (χ3v) is 4.62. The van der Waals surface area contributed by atoms with E-state index >= 15 is 0 Å². The minimum atomic E-state index is -0.112. The largest absolute Gasteiger partial charge is 0.383 e. The molecule has 3 aromatic rings. The summed E-state index contributed by atoms with van der Waals surface area (Å²) in [7, 11) is 1.63.